The van der Waals surface area contributed by atoms with Crippen LogP contribution in [0, 0.1) is 0 Å². The second-order valence-corrected chi connectivity index (χ2v) is 5.66. The summed E-state index contributed by atoms with van der Waals surface area (Å²) in [5, 5.41) is 3.43. The summed E-state index contributed by atoms with van der Waals surface area (Å²) in [7, 11) is 0. The smallest absolute Gasteiger partial charge is 0.0409 e. The molecular formula is C15H22N2. The summed E-state index contributed by atoms with van der Waals surface area (Å²) in [4.78, 5) is 0. The van der Waals surface area contributed by atoms with Gasteiger partial charge in [-0.3, -0.25) is 0 Å². The number of piperidine rings is 1. The maximum atomic E-state index is 6.41. The molecule has 1 aromatic rings. The van der Waals surface area contributed by atoms with Crippen molar-refractivity contribution in [2.24, 2.45) is 5.73 Å². The Morgan fingerprint density at radius 1 is 1.18 bits per heavy atom. The van der Waals surface area contributed by atoms with Gasteiger partial charge in [-0.2, -0.15) is 0 Å². The Kier molecular flexibility index (Phi) is 2.93. The van der Waals surface area contributed by atoms with E-state index in [4.69, 9.17) is 5.73 Å². The number of rotatable bonds is 2. The first-order valence-electron chi connectivity index (χ1n) is 6.88. The normalized spacial score (nSPS) is 24.3. The summed E-state index contributed by atoms with van der Waals surface area (Å²) in [6.45, 7) is 2.31. The van der Waals surface area contributed by atoms with Crippen molar-refractivity contribution in [2.75, 3.05) is 13.1 Å². The first kappa shape index (κ1) is 11.2. The van der Waals surface area contributed by atoms with Crippen molar-refractivity contribution < 1.29 is 0 Å². The van der Waals surface area contributed by atoms with Crippen molar-refractivity contribution in [3.63, 3.8) is 0 Å². The average Bonchev–Trinajstić information content (AvgIpc) is 2.37. The highest BCUT2D eigenvalue weighted by Gasteiger charge is 2.34. The van der Waals surface area contributed by atoms with Crippen LogP contribution in [0.15, 0.2) is 24.3 Å². The Hall–Kier alpha value is -0.860. The highest BCUT2D eigenvalue weighted by Crippen LogP contribution is 2.39. The lowest BCUT2D eigenvalue weighted by molar-refractivity contribution is 0.253. The van der Waals surface area contributed by atoms with Crippen LogP contribution in [0.1, 0.15) is 49.1 Å². The fraction of sp³-hybridized carbons (Fsp3) is 0.600. The Labute approximate surface area is 104 Å². The lowest BCUT2D eigenvalue weighted by Crippen LogP contribution is -2.43. The van der Waals surface area contributed by atoms with Crippen LogP contribution in [-0.2, 0) is 5.54 Å². The second-order valence-electron chi connectivity index (χ2n) is 5.66. The fourth-order valence-electron chi connectivity index (χ4n) is 3.10. The third kappa shape index (κ3) is 2.12. The van der Waals surface area contributed by atoms with Crippen molar-refractivity contribution in [2.45, 2.75) is 43.6 Å². The molecule has 2 fully saturated rings. The Morgan fingerprint density at radius 2 is 1.94 bits per heavy atom. The van der Waals surface area contributed by atoms with Gasteiger partial charge in [-0.15, -0.1) is 0 Å². The molecule has 92 valence electrons. The molecule has 3 N–H and O–H groups in total. The summed E-state index contributed by atoms with van der Waals surface area (Å²) in [6.07, 6.45) is 6.13. The third-order valence-electron chi connectivity index (χ3n) is 4.52. The Bertz CT molecular complexity index is 390. The molecule has 0 radical (unpaired) electrons. The minimum absolute atomic E-state index is 0.0110. The van der Waals surface area contributed by atoms with E-state index in [1.165, 1.54) is 30.4 Å². The lowest BCUT2D eigenvalue weighted by atomic mass is 9.72. The van der Waals surface area contributed by atoms with Crippen molar-refractivity contribution >= 4 is 0 Å². The van der Waals surface area contributed by atoms with Gasteiger partial charge in [-0.25, -0.2) is 0 Å². The van der Waals surface area contributed by atoms with E-state index >= 15 is 0 Å². The van der Waals surface area contributed by atoms with E-state index < -0.39 is 0 Å². The first-order chi connectivity index (χ1) is 8.28. The molecular weight excluding hydrogens is 208 g/mol. The van der Waals surface area contributed by atoms with Gasteiger partial charge in [0, 0.05) is 5.54 Å². The van der Waals surface area contributed by atoms with Crippen LogP contribution in [-0.4, -0.2) is 13.1 Å². The van der Waals surface area contributed by atoms with E-state index in [2.05, 4.69) is 29.6 Å². The lowest BCUT2D eigenvalue weighted by Gasteiger charge is -2.39. The topological polar surface area (TPSA) is 38.0 Å². The van der Waals surface area contributed by atoms with Crippen LogP contribution in [0.2, 0.25) is 0 Å². The summed E-state index contributed by atoms with van der Waals surface area (Å²) < 4.78 is 0. The van der Waals surface area contributed by atoms with Crippen molar-refractivity contribution in [1.29, 1.82) is 0 Å². The van der Waals surface area contributed by atoms with Gasteiger partial charge in [0.25, 0.3) is 0 Å². The Morgan fingerprint density at radius 3 is 2.59 bits per heavy atom. The van der Waals surface area contributed by atoms with Crippen molar-refractivity contribution in [3.8, 4) is 0 Å². The summed E-state index contributed by atoms with van der Waals surface area (Å²) in [6, 6.07) is 9.06. The molecule has 3 rings (SSSR count). The predicted octanol–water partition coefficient (Wildman–Crippen LogP) is 2.49. The van der Waals surface area contributed by atoms with Gasteiger partial charge in [0.15, 0.2) is 0 Å². The molecule has 0 bridgehead atoms. The van der Waals surface area contributed by atoms with Gasteiger partial charge in [0.2, 0.25) is 0 Å². The van der Waals surface area contributed by atoms with E-state index in [9.17, 15) is 0 Å². The molecule has 0 aromatic heterocycles. The van der Waals surface area contributed by atoms with E-state index in [1.807, 2.05) is 0 Å². The maximum absolute atomic E-state index is 6.41. The number of hydrogen-bond acceptors (Lipinski definition) is 2. The summed E-state index contributed by atoms with van der Waals surface area (Å²) in [5.74, 6) is 0.736. The van der Waals surface area contributed by atoms with Crippen LogP contribution in [0.3, 0.4) is 0 Å². The molecule has 0 amide bonds. The van der Waals surface area contributed by atoms with Gasteiger partial charge in [-0.1, -0.05) is 24.3 Å². The molecule has 2 nitrogen and oxygen atoms in total. The highest BCUT2D eigenvalue weighted by atomic mass is 14.9. The van der Waals surface area contributed by atoms with Gasteiger partial charge in [-0.05, 0) is 62.2 Å². The van der Waals surface area contributed by atoms with E-state index in [0.717, 1.165) is 31.8 Å². The quantitative estimate of drug-likeness (QED) is 0.819. The number of benzene rings is 1. The van der Waals surface area contributed by atoms with Crippen LogP contribution in [0.4, 0.5) is 0 Å². The van der Waals surface area contributed by atoms with Gasteiger partial charge in [0.1, 0.15) is 0 Å². The summed E-state index contributed by atoms with van der Waals surface area (Å²) in [5.41, 5.74) is 9.26. The van der Waals surface area contributed by atoms with Crippen LogP contribution >= 0.6 is 0 Å². The van der Waals surface area contributed by atoms with Gasteiger partial charge < -0.3 is 11.1 Å². The molecule has 1 saturated heterocycles. The minimum atomic E-state index is -0.0110. The molecule has 1 heterocycles. The SMILES string of the molecule is NC1(c2cccc(C3CCNCC3)c2)CCC1. The van der Waals surface area contributed by atoms with Crippen molar-refractivity contribution in [1.82, 2.24) is 5.32 Å². The molecule has 17 heavy (non-hydrogen) atoms. The molecule has 1 aliphatic carbocycles. The number of nitrogens with two attached hydrogens (primary N) is 1. The monoisotopic (exact) mass is 230 g/mol. The second kappa shape index (κ2) is 4.43. The van der Waals surface area contributed by atoms with Crippen LogP contribution in [0.25, 0.3) is 0 Å². The zero-order chi connectivity index (χ0) is 11.7. The highest BCUT2D eigenvalue weighted by molar-refractivity contribution is 5.33. The minimum Gasteiger partial charge on any atom is -0.321 e. The third-order valence-corrected chi connectivity index (χ3v) is 4.52. The zero-order valence-corrected chi connectivity index (χ0v) is 10.4. The summed E-state index contributed by atoms with van der Waals surface area (Å²) >= 11 is 0. The molecule has 0 atom stereocenters. The van der Waals surface area contributed by atoms with Gasteiger partial charge >= 0.3 is 0 Å². The van der Waals surface area contributed by atoms with Crippen LogP contribution in [0.5, 0.6) is 0 Å². The standard InChI is InChI=1S/C15H22N2/c16-15(7-2-8-15)14-4-1-3-13(11-14)12-5-9-17-10-6-12/h1,3-4,11-12,17H,2,5-10,16H2. The van der Waals surface area contributed by atoms with Crippen molar-refractivity contribution in [3.05, 3.63) is 35.4 Å². The molecule has 1 aromatic carbocycles. The Balaban J connectivity index is 1.83. The molecule has 2 heteroatoms. The average molecular weight is 230 g/mol. The zero-order valence-electron chi connectivity index (χ0n) is 10.4. The first-order valence-corrected chi connectivity index (χ1v) is 6.88. The fourth-order valence-corrected chi connectivity index (χ4v) is 3.10. The largest absolute Gasteiger partial charge is 0.321 e. The maximum Gasteiger partial charge on any atom is 0.0409 e. The van der Waals surface area contributed by atoms with E-state index in [1.54, 1.807) is 0 Å². The molecule has 2 aliphatic rings. The number of hydrogen-bond donors (Lipinski definition) is 2. The van der Waals surface area contributed by atoms with E-state index in [0.29, 0.717) is 0 Å². The predicted molar refractivity (Wildman–Crippen MR) is 71.0 cm³/mol. The van der Waals surface area contributed by atoms with Crippen LogP contribution < -0.4 is 11.1 Å². The van der Waals surface area contributed by atoms with Gasteiger partial charge in [0.05, 0.1) is 0 Å². The number of nitrogens with one attached hydrogen (secondary N) is 1. The molecule has 1 saturated carbocycles. The molecule has 0 spiro atoms. The van der Waals surface area contributed by atoms with E-state index in [-0.39, 0.29) is 5.54 Å². The molecule has 0 unspecified atom stereocenters. The molecule has 1 aliphatic heterocycles.